The van der Waals surface area contributed by atoms with E-state index in [1.54, 1.807) is 13.8 Å². The summed E-state index contributed by atoms with van der Waals surface area (Å²) in [6, 6.07) is 1.82. The highest BCUT2D eigenvalue weighted by molar-refractivity contribution is 7.71. The predicted molar refractivity (Wildman–Crippen MR) is 112 cm³/mol. The van der Waals surface area contributed by atoms with Crippen LogP contribution in [0.25, 0.3) is 10.2 Å². The molecule has 1 amide bonds. The van der Waals surface area contributed by atoms with Crippen molar-refractivity contribution >= 4 is 62.1 Å². The van der Waals surface area contributed by atoms with Crippen molar-refractivity contribution in [1.82, 2.24) is 14.5 Å². The van der Waals surface area contributed by atoms with E-state index in [1.807, 2.05) is 13.0 Å². The van der Waals surface area contributed by atoms with Gasteiger partial charge in [-0.3, -0.25) is 14.2 Å². The number of carbonyl (C=O) groups excluding carboxylic acids is 2. The largest absolute Gasteiger partial charge is 0.462 e. The molecule has 3 heterocycles. The molecule has 11 heteroatoms. The predicted octanol–water partition coefficient (Wildman–Crippen LogP) is 3.26. The average molecular weight is 439 g/mol. The van der Waals surface area contributed by atoms with Crippen molar-refractivity contribution in [1.29, 1.82) is 0 Å². The molecule has 0 saturated heterocycles. The van der Waals surface area contributed by atoms with E-state index < -0.39 is 11.9 Å². The van der Waals surface area contributed by atoms with Crippen LogP contribution >= 0.6 is 34.9 Å². The first-order valence-electron chi connectivity index (χ1n) is 8.54. The molecule has 148 valence electrons. The Morgan fingerprint density at radius 1 is 1.36 bits per heavy atom. The molecule has 0 aliphatic carbocycles. The third-order valence-electron chi connectivity index (χ3n) is 3.88. The highest BCUT2D eigenvalue weighted by atomic mass is 32.1. The summed E-state index contributed by atoms with van der Waals surface area (Å²) in [6.45, 7) is 5.38. The summed E-state index contributed by atoms with van der Waals surface area (Å²) in [5.41, 5.74) is 0.160. The summed E-state index contributed by atoms with van der Waals surface area (Å²) >= 11 is 7.75. The van der Waals surface area contributed by atoms with Crippen LogP contribution in [0.15, 0.2) is 10.9 Å². The number of nitrogens with zero attached hydrogens (tertiary/aromatic N) is 2. The number of amides is 1. The Bertz CT molecular complexity index is 1170. The molecule has 3 aromatic heterocycles. The zero-order valence-corrected chi connectivity index (χ0v) is 17.9. The summed E-state index contributed by atoms with van der Waals surface area (Å²) in [6.07, 6.45) is 0.812. The number of rotatable bonds is 6. The second-order valence-electron chi connectivity index (χ2n) is 5.83. The van der Waals surface area contributed by atoms with Gasteiger partial charge >= 0.3 is 5.97 Å². The number of hydrogen-bond acceptors (Lipinski definition) is 8. The molecule has 0 saturated carbocycles. The van der Waals surface area contributed by atoms with Gasteiger partial charge in [0.1, 0.15) is 16.3 Å². The van der Waals surface area contributed by atoms with Crippen molar-refractivity contribution in [3.63, 3.8) is 0 Å². The Balaban J connectivity index is 1.82. The lowest BCUT2D eigenvalue weighted by Gasteiger charge is -2.06. The van der Waals surface area contributed by atoms with Crippen LogP contribution in [0.1, 0.15) is 34.1 Å². The number of anilines is 1. The van der Waals surface area contributed by atoms with Crippen molar-refractivity contribution in [2.75, 3.05) is 11.9 Å². The van der Waals surface area contributed by atoms with Gasteiger partial charge in [-0.2, -0.15) is 0 Å². The molecule has 0 bridgehead atoms. The van der Waals surface area contributed by atoms with Crippen molar-refractivity contribution < 1.29 is 14.3 Å². The fourth-order valence-electron chi connectivity index (χ4n) is 2.55. The van der Waals surface area contributed by atoms with Gasteiger partial charge in [-0.25, -0.2) is 9.78 Å². The van der Waals surface area contributed by atoms with Gasteiger partial charge in [-0.05, 0) is 38.6 Å². The monoisotopic (exact) mass is 438 g/mol. The van der Waals surface area contributed by atoms with E-state index in [0.29, 0.717) is 20.8 Å². The molecular formula is C17H18N4O4S3. The van der Waals surface area contributed by atoms with Crippen molar-refractivity contribution in [3.8, 4) is 0 Å². The van der Waals surface area contributed by atoms with Crippen LogP contribution < -0.4 is 10.9 Å². The number of aromatic amines is 1. The van der Waals surface area contributed by atoms with Crippen LogP contribution in [0.4, 0.5) is 5.13 Å². The minimum absolute atomic E-state index is 0.180. The Kier molecular flexibility index (Phi) is 6.06. The number of fused-ring (bicyclic) bond motifs is 1. The first-order chi connectivity index (χ1) is 13.3. The number of carbonyl (C=O) groups is 2. The Hall–Kier alpha value is -2.37. The Labute approximate surface area is 173 Å². The van der Waals surface area contributed by atoms with Gasteiger partial charge < -0.3 is 15.0 Å². The highest BCUT2D eigenvalue weighted by Gasteiger charge is 2.18. The second-order valence-corrected chi connectivity index (χ2v) is 8.36. The highest BCUT2D eigenvalue weighted by Crippen LogP contribution is 2.24. The van der Waals surface area contributed by atoms with Crippen LogP contribution in [0.5, 0.6) is 0 Å². The lowest BCUT2D eigenvalue weighted by Crippen LogP contribution is -2.28. The number of thiazole rings is 1. The first-order valence-corrected chi connectivity index (χ1v) is 10.6. The van der Waals surface area contributed by atoms with Crippen molar-refractivity contribution in [2.45, 2.75) is 33.7 Å². The lowest BCUT2D eigenvalue weighted by atomic mass is 10.3. The number of hydrogen-bond donors (Lipinski definition) is 2. The number of ether oxygens (including phenoxy) is 1. The van der Waals surface area contributed by atoms with Gasteiger partial charge in [0.15, 0.2) is 9.90 Å². The number of nitrogens with one attached hydrogen (secondary N) is 2. The molecule has 0 aliphatic heterocycles. The molecule has 0 spiro atoms. The molecular weight excluding hydrogens is 420 g/mol. The van der Waals surface area contributed by atoms with Crippen LogP contribution in [0.3, 0.4) is 0 Å². The van der Waals surface area contributed by atoms with Gasteiger partial charge in [0, 0.05) is 4.88 Å². The maximum atomic E-state index is 12.7. The summed E-state index contributed by atoms with van der Waals surface area (Å²) in [7, 11) is 0. The zero-order chi connectivity index (χ0) is 20.4. The summed E-state index contributed by atoms with van der Waals surface area (Å²) < 4.78 is 6.36. The third kappa shape index (κ3) is 4.05. The van der Waals surface area contributed by atoms with Crippen LogP contribution in [0.2, 0.25) is 0 Å². The molecule has 3 rings (SSSR count). The minimum Gasteiger partial charge on any atom is -0.462 e. The third-order valence-corrected chi connectivity index (χ3v) is 6.45. The normalized spacial score (nSPS) is 11.0. The maximum Gasteiger partial charge on any atom is 0.350 e. The summed E-state index contributed by atoms with van der Waals surface area (Å²) in [5, 5.41) is 3.39. The number of thiophene rings is 1. The molecule has 0 aliphatic rings. The topological polar surface area (TPSA) is 106 Å². The van der Waals surface area contributed by atoms with E-state index in [9.17, 15) is 14.4 Å². The molecule has 0 fully saturated rings. The quantitative estimate of drug-likeness (QED) is 0.452. The molecule has 8 nitrogen and oxygen atoms in total. The zero-order valence-electron chi connectivity index (χ0n) is 15.5. The number of esters is 1. The molecule has 0 aromatic carbocycles. The van der Waals surface area contributed by atoms with E-state index in [1.165, 1.54) is 15.9 Å². The smallest absolute Gasteiger partial charge is 0.350 e. The van der Waals surface area contributed by atoms with Crippen molar-refractivity contribution in [3.05, 3.63) is 36.6 Å². The van der Waals surface area contributed by atoms with Gasteiger partial charge in [0.2, 0.25) is 5.91 Å². The fourth-order valence-corrected chi connectivity index (χ4v) is 4.73. The standard InChI is InChI=1S/C17H18N4O4S3/c1-4-9-6-10-13(27-9)20-17(26)21(14(10)23)7-11(22)19-16-18-8(3)12(28-16)15(24)25-5-2/h6H,4-5,7H2,1-3H3,(H,20,26)(H,18,19,22). The molecule has 3 aromatic rings. The molecule has 28 heavy (non-hydrogen) atoms. The molecule has 0 unspecified atom stereocenters. The second kappa shape index (κ2) is 8.33. The lowest BCUT2D eigenvalue weighted by molar-refractivity contribution is -0.116. The van der Waals surface area contributed by atoms with Crippen LogP contribution in [-0.2, 0) is 22.5 Å². The number of H-pyrrole nitrogens is 1. The minimum atomic E-state index is -0.480. The van der Waals surface area contributed by atoms with Crippen LogP contribution in [-0.4, -0.2) is 33.0 Å². The fraction of sp³-hybridized carbons (Fsp3) is 0.353. The van der Waals surface area contributed by atoms with Gasteiger partial charge in [0.05, 0.1) is 17.7 Å². The number of aryl methyl sites for hydroxylation is 2. The van der Waals surface area contributed by atoms with E-state index in [-0.39, 0.29) is 28.6 Å². The maximum absolute atomic E-state index is 12.7. The van der Waals surface area contributed by atoms with Crippen molar-refractivity contribution in [2.24, 2.45) is 0 Å². The van der Waals surface area contributed by atoms with E-state index >= 15 is 0 Å². The van der Waals surface area contributed by atoms with Gasteiger partial charge in [-0.1, -0.05) is 18.3 Å². The molecule has 2 N–H and O–H groups in total. The first kappa shape index (κ1) is 20.4. The van der Waals surface area contributed by atoms with Crippen LogP contribution in [0, 0.1) is 11.7 Å². The Morgan fingerprint density at radius 3 is 2.79 bits per heavy atom. The summed E-state index contributed by atoms with van der Waals surface area (Å²) in [5.74, 6) is -0.942. The van der Waals surface area contributed by atoms with E-state index in [4.69, 9.17) is 17.0 Å². The average Bonchev–Trinajstić information content (AvgIpc) is 3.22. The summed E-state index contributed by atoms with van der Waals surface area (Å²) in [4.78, 5) is 46.3. The molecule has 0 radical (unpaired) electrons. The Morgan fingerprint density at radius 2 is 2.11 bits per heavy atom. The number of aromatic nitrogens is 3. The van der Waals surface area contributed by atoms with Gasteiger partial charge in [-0.15, -0.1) is 11.3 Å². The molecule has 0 atom stereocenters. The van der Waals surface area contributed by atoms with Gasteiger partial charge in [0.25, 0.3) is 5.56 Å². The SMILES string of the molecule is CCOC(=O)c1sc(NC(=O)Cn2c(=S)[nH]c3sc(CC)cc3c2=O)nc1C. The van der Waals surface area contributed by atoms with E-state index in [2.05, 4.69) is 15.3 Å². The van der Waals surface area contributed by atoms with E-state index in [0.717, 1.165) is 22.6 Å².